The lowest BCUT2D eigenvalue weighted by Crippen LogP contribution is -2.65. The van der Waals surface area contributed by atoms with E-state index in [4.69, 9.17) is 4.74 Å². The van der Waals surface area contributed by atoms with Gasteiger partial charge in [-0.2, -0.15) is 0 Å². The van der Waals surface area contributed by atoms with Crippen LogP contribution in [0.15, 0.2) is 30.3 Å². The van der Waals surface area contributed by atoms with E-state index in [9.17, 15) is 14.7 Å². The molecule has 2 heterocycles. The maximum absolute atomic E-state index is 12.2. The second-order valence-electron chi connectivity index (χ2n) is 6.65. The van der Waals surface area contributed by atoms with Gasteiger partial charge in [0.05, 0.1) is 5.41 Å². The summed E-state index contributed by atoms with van der Waals surface area (Å²) in [4.78, 5) is 25.1. The Morgan fingerprint density at radius 1 is 1.24 bits per heavy atom. The molecule has 21 heavy (non-hydrogen) atoms. The van der Waals surface area contributed by atoms with E-state index in [0.717, 1.165) is 5.56 Å². The van der Waals surface area contributed by atoms with E-state index in [-0.39, 0.29) is 18.6 Å². The molecule has 1 amide bonds. The highest BCUT2D eigenvalue weighted by molar-refractivity contribution is 5.79. The molecule has 0 radical (unpaired) electrons. The summed E-state index contributed by atoms with van der Waals surface area (Å²) in [5.41, 5.74) is 0.0773. The lowest BCUT2D eigenvalue weighted by molar-refractivity contribution is -0.180. The van der Waals surface area contributed by atoms with Crippen molar-refractivity contribution in [1.82, 2.24) is 4.90 Å². The van der Waals surface area contributed by atoms with E-state index in [2.05, 4.69) is 0 Å². The number of aliphatic carboxylic acids is 1. The minimum absolute atomic E-state index is 0.0809. The van der Waals surface area contributed by atoms with Gasteiger partial charge < -0.3 is 14.7 Å². The van der Waals surface area contributed by atoms with Gasteiger partial charge in [-0.3, -0.25) is 4.79 Å². The van der Waals surface area contributed by atoms with Gasteiger partial charge in [0.2, 0.25) is 0 Å². The molecule has 5 nitrogen and oxygen atoms in total. The predicted octanol–water partition coefficient (Wildman–Crippen LogP) is 2.51. The number of hydrogen-bond acceptors (Lipinski definition) is 3. The maximum atomic E-state index is 12.2. The Kier molecular flexibility index (Phi) is 3.15. The third-order valence-electron chi connectivity index (χ3n) is 4.51. The fourth-order valence-electron chi connectivity index (χ4n) is 3.85. The molecule has 0 atom stereocenters. The van der Waals surface area contributed by atoms with Crippen molar-refractivity contribution < 1.29 is 19.4 Å². The molecule has 1 saturated carbocycles. The first-order chi connectivity index (χ1) is 9.92. The maximum Gasteiger partial charge on any atom is 0.410 e. The molecule has 1 aliphatic carbocycles. The zero-order valence-corrected chi connectivity index (χ0v) is 12.0. The number of rotatable bonds is 3. The number of benzene rings is 1. The highest BCUT2D eigenvalue weighted by Gasteiger charge is 2.62. The zero-order valence-electron chi connectivity index (χ0n) is 12.0. The van der Waals surface area contributed by atoms with E-state index in [1.165, 1.54) is 0 Å². The van der Waals surface area contributed by atoms with Crippen molar-refractivity contribution in [2.75, 3.05) is 13.1 Å². The summed E-state index contributed by atoms with van der Waals surface area (Å²) in [5.74, 6) is -0.805. The van der Waals surface area contributed by atoms with E-state index < -0.39 is 17.5 Å². The number of piperidine rings is 2. The summed E-state index contributed by atoms with van der Waals surface area (Å²) >= 11 is 0. The van der Waals surface area contributed by atoms with Crippen molar-refractivity contribution in [2.45, 2.75) is 26.4 Å². The summed E-state index contributed by atoms with van der Waals surface area (Å²) in [6.07, 6.45) is 0.880. The van der Waals surface area contributed by atoms with E-state index in [1.807, 2.05) is 37.3 Å². The third-order valence-corrected chi connectivity index (χ3v) is 4.51. The number of carbonyl (C=O) groups is 2. The molecular weight excluding hydrogens is 270 g/mol. The molecule has 0 aromatic heterocycles. The number of carboxylic acids is 1. The van der Waals surface area contributed by atoms with Crippen LogP contribution in [0.1, 0.15) is 25.3 Å². The SMILES string of the molecule is CC12CN(C(=O)OCc3ccccc3)CC(C(=O)O)(C1)C2. The van der Waals surface area contributed by atoms with E-state index in [0.29, 0.717) is 19.4 Å². The van der Waals surface area contributed by atoms with Gasteiger partial charge in [0.15, 0.2) is 0 Å². The molecule has 112 valence electrons. The van der Waals surface area contributed by atoms with Gasteiger partial charge in [-0.15, -0.1) is 0 Å². The summed E-state index contributed by atoms with van der Waals surface area (Å²) < 4.78 is 5.30. The molecule has 1 aromatic rings. The van der Waals surface area contributed by atoms with Gasteiger partial charge >= 0.3 is 12.1 Å². The molecule has 1 N–H and O–H groups in total. The van der Waals surface area contributed by atoms with Crippen molar-refractivity contribution in [1.29, 1.82) is 0 Å². The molecule has 0 spiro atoms. The number of carboxylic acid groups (broad SMARTS) is 1. The smallest absolute Gasteiger partial charge is 0.410 e. The van der Waals surface area contributed by atoms with Crippen molar-refractivity contribution >= 4 is 12.1 Å². The van der Waals surface area contributed by atoms with Crippen molar-refractivity contribution in [3.8, 4) is 0 Å². The Bertz CT molecular complexity index is 563. The average Bonchev–Trinajstić information content (AvgIpc) is 2.44. The standard InChI is InChI=1S/C16H19NO4/c1-15-8-16(9-15,13(18)19)11-17(10-15)14(20)21-7-12-5-3-2-4-6-12/h2-6H,7-11H2,1H3,(H,18,19). The van der Waals surface area contributed by atoms with E-state index in [1.54, 1.807) is 4.90 Å². The Balaban J connectivity index is 1.62. The van der Waals surface area contributed by atoms with Crippen LogP contribution < -0.4 is 0 Å². The first-order valence-corrected chi connectivity index (χ1v) is 7.12. The first kappa shape index (κ1) is 13.9. The van der Waals surface area contributed by atoms with Crippen LogP contribution in [0, 0.1) is 10.8 Å². The highest BCUT2D eigenvalue weighted by Crippen LogP contribution is 2.58. The second-order valence-corrected chi connectivity index (χ2v) is 6.65. The molecule has 2 bridgehead atoms. The molecule has 1 aromatic carbocycles. The largest absolute Gasteiger partial charge is 0.481 e. The zero-order chi connectivity index (χ0) is 15.1. The minimum atomic E-state index is -0.805. The Hall–Kier alpha value is -2.04. The quantitative estimate of drug-likeness (QED) is 0.928. The van der Waals surface area contributed by atoms with Gasteiger partial charge in [0, 0.05) is 13.1 Å². The fraction of sp³-hybridized carbons (Fsp3) is 0.500. The number of nitrogens with zero attached hydrogens (tertiary/aromatic N) is 1. The van der Waals surface area contributed by atoms with Crippen LogP contribution in [0.3, 0.4) is 0 Å². The van der Waals surface area contributed by atoms with Crippen molar-refractivity contribution in [3.63, 3.8) is 0 Å². The fourth-order valence-corrected chi connectivity index (χ4v) is 3.85. The summed E-state index contributed by atoms with van der Waals surface area (Å²) in [6, 6.07) is 9.46. The Morgan fingerprint density at radius 2 is 1.90 bits per heavy atom. The van der Waals surface area contributed by atoms with Gasteiger partial charge in [0.1, 0.15) is 6.61 Å². The number of carbonyl (C=O) groups excluding carboxylic acids is 1. The van der Waals surface area contributed by atoms with Crippen LogP contribution in [0.25, 0.3) is 0 Å². The van der Waals surface area contributed by atoms with Crippen LogP contribution in [0.5, 0.6) is 0 Å². The minimum Gasteiger partial charge on any atom is -0.481 e. The van der Waals surface area contributed by atoms with Crippen LogP contribution in [0.4, 0.5) is 4.79 Å². The van der Waals surface area contributed by atoms with E-state index >= 15 is 0 Å². The molecule has 4 rings (SSSR count). The van der Waals surface area contributed by atoms with Gasteiger partial charge in [-0.05, 0) is 23.8 Å². The number of hydrogen-bond donors (Lipinski definition) is 1. The lowest BCUT2D eigenvalue weighted by atomic mass is 9.50. The van der Waals surface area contributed by atoms with Crippen molar-refractivity contribution in [3.05, 3.63) is 35.9 Å². The molecule has 3 fully saturated rings. The normalized spacial score (nSPS) is 30.4. The average molecular weight is 289 g/mol. The monoisotopic (exact) mass is 289 g/mol. The topological polar surface area (TPSA) is 66.8 Å². The Labute approximate surface area is 123 Å². The third kappa shape index (κ3) is 2.48. The Morgan fingerprint density at radius 3 is 2.52 bits per heavy atom. The molecule has 2 saturated heterocycles. The van der Waals surface area contributed by atoms with Crippen LogP contribution in [-0.2, 0) is 16.1 Å². The van der Waals surface area contributed by atoms with Crippen LogP contribution in [-0.4, -0.2) is 35.2 Å². The summed E-state index contributed by atoms with van der Waals surface area (Å²) in [5, 5.41) is 9.38. The molecule has 5 heteroatoms. The number of fused-ring (bicyclic) bond motifs is 2. The van der Waals surface area contributed by atoms with Gasteiger partial charge in [-0.1, -0.05) is 37.3 Å². The summed E-state index contributed by atoms with van der Waals surface area (Å²) in [6.45, 7) is 3.08. The first-order valence-electron chi connectivity index (χ1n) is 7.12. The predicted molar refractivity (Wildman–Crippen MR) is 75.6 cm³/mol. The second kappa shape index (κ2) is 4.76. The highest BCUT2D eigenvalue weighted by atomic mass is 16.6. The molecule has 0 unspecified atom stereocenters. The van der Waals surface area contributed by atoms with Crippen molar-refractivity contribution in [2.24, 2.45) is 10.8 Å². The van der Waals surface area contributed by atoms with Gasteiger partial charge in [0.25, 0.3) is 0 Å². The van der Waals surface area contributed by atoms with Crippen LogP contribution in [0.2, 0.25) is 0 Å². The lowest BCUT2D eigenvalue weighted by Gasteiger charge is -2.59. The summed E-state index contributed by atoms with van der Waals surface area (Å²) in [7, 11) is 0. The number of amides is 1. The number of ether oxygens (including phenoxy) is 1. The molecular formula is C16H19NO4. The van der Waals surface area contributed by atoms with Crippen LogP contribution >= 0.6 is 0 Å². The molecule has 3 aliphatic rings. The van der Waals surface area contributed by atoms with Gasteiger partial charge in [-0.25, -0.2) is 4.79 Å². The molecule has 2 aliphatic heterocycles.